The molecular weight excluding hydrogens is 359 g/mol. The maximum Gasteiger partial charge on any atom is 0.410 e. The summed E-state index contributed by atoms with van der Waals surface area (Å²) in [6, 6.07) is 6.67. The van der Waals surface area contributed by atoms with Crippen LogP contribution in [0.3, 0.4) is 0 Å². The molecule has 2 amide bonds. The van der Waals surface area contributed by atoms with Gasteiger partial charge in [-0.1, -0.05) is 30.3 Å². The zero-order valence-electron chi connectivity index (χ0n) is 14.6. The van der Waals surface area contributed by atoms with Crippen LogP contribution in [0.1, 0.15) is 24.8 Å². The zero-order valence-corrected chi connectivity index (χ0v) is 14.6. The van der Waals surface area contributed by atoms with Crippen LogP contribution in [-0.2, 0) is 25.7 Å². The predicted molar refractivity (Wildman–Crippen MR) is 91.5 cm³/mol. The van der Waals surface area contributed by atoms with Crippen LogP contribution < -0.4 is 5.32 Å². The third-order valence-electron chi connectivity index (χ3n) is 4.21. The molecule has 1 aromatic carbocycles. The Bertz CT molecular complexity index is 696. The van der Waals surface area contributed by atoms with Crippen molar-refractivity contribution in [1.29, 1.82) is 0 Å². The summed E-state index contributed by atoms with van der Waals surface area (Å²) in [5.41, 5.74) is 0.793. The van der Waals surface area contributed by atoms with E-state index in [1.165, 1.54) is 4.90 Å². The summed E-state index contributed by atoms with van der Waals surface area (Å²) in [6.45, 7) is -1.04. The first kappa shape index (κ1) is 20.3. The smallest absolute Gasteiger partial charge is 0.410 e. The van der Waals surface area contributed by atoms with E-state index in [4.69, 9.17) is 9.84 Å². The van der Waals surface area contributed by atoms with Gasteiger partial charge in [0.25, 0.3) is 0 Å². The van der Waals surface area contributed by atoms with Crippen molar-refractivity contribution in [2.45, 2.75) is 38.0 Å². The fourth-order valence-electron chi connectivity index (χ4n) is 2.84. The summed E-state index contributed by atoms with van der Waals surface area (Å²) in [7, 11) is 0. The number of rotatable bonds is 8. The summed E-state index contributed by atoms with van der Waals surface area (Å²) in [4.78, 5) is 48.3. The lowest BCUT2D eigenvalue weighted by Crippen LogP contribution is -2.51. The van der Waals surface area contributed by atoms with Crippen LogP contribution in [0.15, 0.2) is 30.3 Å². The largest absolute Gasteiger partial charge is 0.481 e. The number of ketones is 1. The number of carboxylic acids is 1. The number of Topliss-reactive ketones (excluding diaryl/α,β-unsaturated/α-hetero) is 1. The highest BCUT2D eigenvalue weighted by Gasteiger charge is 2.37. The number of ether oxygens (including phenoxy) is 1. The van der Waals surface area contributed by atoms with Crippen LogP contribution >= 0.6 is 0 Å². The summed E-state index contributed by atoms with van der Waals surface area (Å²) in [6.07, 6.45) is -0.502. The molecule has 146 valence electrons. The fraction of sp³-hybridized carbons (Fsp3) is 0.444. The third kappa shape index (κ3) is 5.77. The van der Waals surface area contributed by atoms with E-state index >= 15 is 0 Å². The Kier molecular flexibility index (Phi) is 7.27. The Hall–Kier alpha value is -2.97. The summed E-state index contributed by atoms with van der Waals surface area (Å²) in [5, 5.41) is 11.1. The number of hydrogen-bond acceptors (Lipinski definition) is 5. The Morgan fingerprint density at radius 2 is 1.96 bits per heavy atom. The van der Waals surface area contributed by atoms with E-state index in [9.17, 15) is 23.6 Å². The van der Waals surface area contributed by atoms with Crippen LogP contribution in [-0.4, -0.2) is 59.1 Å². The maximum atomic E-state index is 12.6. The minimum Gasteiger partial charge on any atom is -0.481 e. The van der Waals surface area contributed by atoms with E-state index in [0.29, 0.717) is 19.4 Å². The normalized spacial score (nSPS) is 17.2. The molecule has 2 rings (SSSR count). The topological polar surface area (TPSA) is 113 Å². The van der Waals surface area contributed by atoms with Gasteiger partial charge in [0.15, 0.2) is 5.78 Å². The maximum absolute atomic E-state index is 12.6. The van der Waals surface area contributed by atoms with E-state index in [1.54, 1.807) is 24.3 Å². The van der Waals surface area contributed by atoms with Gasteiger partial charge in [0.1, 0.15) is 25.4 Å². The van der Waals surface area contributed by atoms with Gasteiger partial charge in [0, 0.05) is 6.54 Å². The van der Waals surface area contributed by atoms with Gasteiger partial charge >= 0.3 is 12.1 Å². The molecule has 1 aromatic rings. The van der Waals surface area contributed by atoms with E-state index in [1.807, 2.05) is 6.07 Å². The first-order valence-corrected chi connectivity index (χ1v) is 8.50. The first-order valence-electron chi connectivity index (χ1n) is 8.50. The van der Waals surface area contributed by atoms with Gasteiger partial charge in [-0.15, -0.1) is 0 Å². The van der Waals surface area contributed by atoms with Crippen molar-refractivity contribution in [3.05, 3.63) is 35.9 Å². The third-order valence-corrected chi connectivity index (χ3v) is 4.21. The highest BCUT2D eigenvalue weighted by atomic mass is 19.1. The quantitative estimate of drug-likeness (QED) is 0.703. The van der Waals surface area contributed by atoms with Crippen molar-refractivity contribution in [2.24, 2.45) is 0 Å². The van der Waals surface area contributed by atoms with Crippen LogP contribution in [0.5, 0.6) is 0 Å². The molecule has 9 heteroatoms. The van der Waals surface area contributed by atoms with Crippen molar-refractivity contribution in [3.8, 4) is 0 Å². The average molecular weight is 380 g/mol. The molecule has 1 fully saturated rings. The van der Waals surface area contributed by atoms with Crippen molar-refractivity contribution >= 4 is 23.8 Å². The average Bonchev–Trinajstić information content (AvgIpc) is 3.15. The van der Waals surface area contributed by atoms with Gasteiger partial charge in [-0.05, 0) is 18.4 Å². The summed E-state index contributed by atoms with van der Waals surface area (Å²) >= 11 is 0. The molecule has 0 unspecified atom stereocenters. The number of aliphatic carboxylic acids is 1. The van der Waals surface area contributed by atoms with E-state index in [0.717, 1.165) is 5.56 Å². The van der Waals surface area contributed by atoms with E-state index in [2.05, 4.69) is 5.32 Å². The zero-order chi connectivity index (χ0) is 19.8. The number of alkyl halides is 1. The molecule has 1 heterocycles. The van der Waals surface area contributed by atoms with Gasteiger partial charge in [-0.25, -0.2) is 9.18 Å². The SMILES string of the molecule is O=C(O)C[C@H](NC(=O)[C@@H]1CCCN1C(=O)OCc1ccccc1)C(=O)CF. The minimum absolute atomic E-state index is 0.0481. The second-order valence-electron chi connectivity index (χ2n) is 6.15. The van der Waals surface area contributed by atoms with Gasteiger partial charge in [-0.3, -0.25) is 19.3 Å². The number of nitrogens with zero attached hydrogens (tertiary/aromatic N) is 1. The van der Waals surface area contributed by atoms with Crippen LogP contribution in [0.4, 0.5) is 9.18 Å². The fourth-order valence-corrected chi connectivity index (χ4v) is 2.84. The number of likely N-dealkylation sites (tertiary alicyclic amines) is 1. The number of carbonyl (C=O) groups is 4. The number of carbonyl (C=O) groups excluding carboxylic acids is 3. The monoisotopic (exact) mass is 380 g/mol. The number of benzene rings is 1. The van der Waals surface area contributed by atoms with E-state index < -0.39 is 48.9 Å². The lowest BCUT2D eigenvalue weighted by molar-refractivity contribution is -0.140. The molecule has 2 N–H and O–H groups in total. The molecule has 8 nitrogen and oxygen atoms in total. The highest BCUT2D eigenvalue weighted by Crippen LogP contribution is 2.19. The first-order chi connectivity index (χ1) is 12.9. The van der Waals surface area contributed by atoms with Gasteiger partial charge in [-0.2, -0.15) is 0 Å². The lowest BCUT2D eigenvalue weighted by atomic mass is 10.1. The van der Waals surface area contributed by atoms with Gasteiger partial charge < -0.3 is 15.2 Å². The molecular formula is C18H21FN2O6. The molecule has 0 bridgehead atoms. The summed E-state index contributed by atoms with van der Waals surface area (Å²) < 4.78 is 17.8. The molecule has 0 aliphatic carbocycles. The highest BCUT2D eigenvalue weighted by molar-refractivity contribution is 5.94. The van der Waals surface area contributed by atoms with Gasteiger partial charge in [0.05, 0.1) is 6.42 Å². The lowest BCUT2D eigenvalue weighted by Gasteiger charge is -2.25. The Labute approximate surface area is 155 Å². The molecule has 1 saturated heterocycles. The van der Waals surface area contributed by atoms with Crippen molar-refractivity contribution in [3.63, 3.8) is 0 Å². The Morgan fingerprint density at radius 1 is 1.26 bits per heavy atom. The Balaban J connectivity index is 1.96. The van der Waals surface area contributed by atoms with Crippen molar-refractivity contribution in [1.82, 2.24) is 10.2 Å². The van der Waals surface area contributed by atoms with Crippen molar-refractivity contribution < 1.29 is 33.4 Å². The molecule has 0 saturated carbocycles. The number of halogens is 1. The molecule has 2 atom stereocenters. The van der Waals surface area contributed by atoms with Gasteiger partial charge in [0.2, 0.25) is 5.91 Å². The predicted octanol–water partition coefficient (Wildman–Crippen LogP) is 1.29. The molecule has 1 aliphatic rings. The molecule has 0 aromatic heterocycles. The second-order valence-corrected chi connectivity index (χ2v) is 6.15. The van der Waals surface area contributed by atoms with Crippen LogP contribution in [0, 0.1) is 0 Å². The molecule has 0 spiro atoms. The molecule has 1 aliphatic heterocycles. The number of nitrogens with one attached hydrogen (secondary N) is 1. The standard InChI is InChI=1S/C18H21FN2O6/c19-10-15(22)13(9-16(23)24)20-17(25)14-7-4-8-21(14)18(26)27-11-12-5-2-1-3-6-12/h1-3,5-6,13-14H,4,7-11H2,(H,20,25)(H,23,24)/t13-,14-/m0/s1. The number of carboxylic acid groups (broad SMARTS) is 1. The minimum atomic E-state index is -1.47. The Morgan fingerprint density at radius 3 is 2.59 bits per heavy atom. The molecule has 0 radical (unpaired) electrons. The number of amides is 2. The van der Waals surface area contributed by atoms with Crippen LogP contribution in [0.25, 0.3) is 0 Å². The molecule has 27 heavy (non-hydrogen) atoms. The second kappa shape index (κ2) is 9.65. The van der Waals surface area contributed by atoms with E-state index in [-0.39, 0.29) is 6.61 Å². The van der Waals surface area contributed by atoms with Crippen LogP contribution in [0.2, 0.25) is 0 Å². The van der Waals surface area contributed by atoms with Crippen molar-refractivity contribution in [2.75, 3.05) is 13.2 Å². The summed E-state index contributed by atoms with van der Waals surface area (Å²) in [5.74, 6) is -3.06. The number of hydrogen-bond donors (Lipinski definition) is 2.